The summed E-state index contributed by atoms with van der Waals surface area (Å²) in [4.78, 5) is 0. The van der Waals surface area contributed by atoms with E-state index in [-0.39, 0.29) is 0 Å². The van der Waals surface area contributed by atoms with Crippen molar-refractivity contribution in [3.8, 4) is 23.1 Å². The number of fused-ring (bicyclic) bond motifs is 9. The van der Waals surface area contributed by atoms with Gasteiger partial charge in [0.2, 0.25) is 0 Å². The van der Waals surface area contributed by atoms with Gasteiger partial charge in [0.1, 0.15) is 0 Å². The van der Waals surface area contributed by atoms with Gasteiger partial charge in [0, 0.05) is 43.7 Å². The molecule has 0 bridgehead atoms. The highest BCUT2D eigenvalue weighted by atomic mass is 28.3. The first kappa shape index (κ1) is 37.8. The molecule has 0 saturated carbocycles. The Hall–Kier alpha value is -8.69. The Kier molecular flexibility index (Phi) is 8.57. The van der Waals surface area contributed by atoms with Crippen molar-refractivity contribution in [3.63, 3.8) is 0 Å². The molecule has 5 heteroatoms. The van der Waals surface area contributed by atoms with E-state index >= 15 is 0 Å². The Labute approximate surface area is 382 Å². The Morgan fingerprint density at radius 3 is 1.38 bits per heavy atom. The van der Waals surface area contributed by atoms with Gasteiger partial charge in [-0.15, -0.1) is 0 Å². The van der Waals surface area contributed by atoms with Crippen molar-refractivity contribution < 1.29 is 0 Å². The first-order valence-corrected chi connectivity index (χ1v) is 24.5. The predicted octanol–water partition coefficient (Wildman–Crippen LogP) is 12.2. The Bertz CT molecular complexity index is 3960. The van der Waals surface area contributed by atoms with Crippen LogP contribution in [0.15, 0.2) is 243 Å². The van der Waals surface area contributed by atoms with Gasteiger partial charge >= 0.3 is 0 Å². The molecule has 0 aliphatic heterocycles. The minimum atomic E-state index is -2.77. The fourth-order valence-corrected chi connectivity index (χ4v) is 15.9. The van der Waals surface area contributed by atoms with Gasteiger partial charge in [-0.3, -0.25) is 0 Å². The van der Waals surface area contributed by atoms with Crippen LogP contribution < -0.4 is 20.7 Å². The summed E-state index contributed by atoms with van der Waals surface area (Å²) in [7, 11) is -2.77. The zero-order valence-electron chi connectivity index (χ0n) is 35.9. The molecule has 66 heavy (non-hydrogen) atoms. The molecule has 308 valence electrons. The molecule has 0 unspecified atom stereocenters. The normalized spacial score (nSPS) is 11.9. The van der Waals surface area contributed by atoms with Crippen molar-refractivity contribution in [1.82, 2.24) is 13.7 Å². The van der Waals surface area contributed by atoms with Crippen LogP contribution in [0, 0.1) is 11.3 Å². The first-order chi connectivity index (χ1) is 32.7. The fourth-order valence-electron chi connectivity index (χ4n) is 11.1. The monoisotopic (exact) mass is 856 g/mol. The minimum absolute atomic E-state index is 0.659. The maximum absolute atomic E-state index is 9.85. The van der Waals surface area contributed by atoms with Crippen molar-refractivity contribution in [1.29, 1.82) is 5.26 Å². The summed E-state index contributed by atoms with van der Waals surface area (Å²) in [5.41, 5.74) is 10.8. The Morgan fingerprint density at radius 1 is 0.303 bits per heavy atom. The maximum Gasteiger partial charge on any atom is 0.179 e. The molecule has 3 heterocycles. The standard InChI is InChI=1S/C61H40N4Si/c62-41-42-34-36-58-52(38-42)49-26-11-14-30-55(49)65(58)60-33-17-32-59-61(60)51-28-12-15-31-56(51)64(59)44-35-37-57-53(40-44)50-27-10-13-29-54(50)63(57)43-18-16-25-48(39-43)66(45-19-4-1-5-20-45,46-21-6-2-7-22-46)47-23-8-3-9-24-47/h1-40H. The molecule has 0 amide bonds. The van der Waals surface area contributed by atoms with E-state index in [1.165, 1.54) is 47.8 Å². The molecule has 0 spiro atoms. The van der Waals surface area contributed by atoms with Crippen molar-refractivity contribution in [2.45, 2.75) is 0 Å². The van der Waals surface area contributed by atoms with Crippen LogP contribution in [-0.2, 0) is 0 Å². The number of nitrogens with zero attached hydrogens (tertiary/aromatic N) is 4. The zero-order valence-corrected chi connectivity index (χ0v) is 36.9. The van der Waals surface area contributed by atoms with Crippen LogP contribution in [0.3, 0.4) is 0 Å². The molecular formula is C61H40N4Si. The summed E-state index contributed by atoms with van der Waals surface area (Å²) in [5, 5.41) is 22.2. The highest BCUT2D eigenvalue weighted by molar-refractivity contribution is 7.19. The second-order valence-electron chi connectivity index (χ2n) is 17.2. The zero-order chi connectivity index (χ0) is 43.8. The van der Waals surface area contributed by atoms with E-state index in [1.54, 1.807) is 0 Å². The van der Waals surface area contributed by atoms with E-state index in [2.05, 4.69) is 250 Å². The molecule has 10 aromatic carbocycles. The number of para-hydroxylation sites is 3. The average molecular weight is 857 g/mol. The van der Waals surface area contributed by atoms with Gasteiger partial charge in [-0.1, -0.05) is 164 Å². The first-order valence-electron chi connectivity index (χ1n) is 22.5. The van der Waals surface area contributed by atoms with E-state index in [1.807, 2.05) is 12.1 Å². The molecule has 0 fully saturated rings. The lowest BCUT2D eigenvalue weighted by Gasteiger charge is -2.34. The lowest BCUT2D eigenvalue weighted by Crippen LogP contribution is -2.74. The molecule has 0 N–H and O–H groups in total. The lowest BCUT2D eigenvalue weighted by atomic mass is 10.1. The lowest BCUT2D eigenvalue weighted by molar-refractivity contribution is 1.16. The van der Waals surface area contributed by atoms with Crippen LogP contribution in [0.2, 0.25) is 0 Å². The van der Waals surface area contributed by atoms with Gasteiger partial charge in [0.25, 0.3) is 0 Å². The highest BCUT2D eigenvalue weighted by Gasteiger charge is 2.41. The summed E-state index contributed by atoms with van der Waals surface area (Å²) in [6.07, 6.45) is 0. The van der Waals surface area contributed by atoms with E-state index in [0.717, 1.165) is 55.4 Å². The smallest absolute Gasteiger partial charge is 0.179 e. The molecule has 0 atom stereocenters. The van der Waals surface area contributed by atoms with Gasteiger partial charge < -0.3 is 13.7 Å². The van der Waals surface area contributed by atoms with Gasteiger partial charge in [-0.05, 0) is 99.6 Å². The second-order valence-corrected chi connectivity index (χ2v) is 21.0. The molecule has 0 aliphatic rings. The van der Waals surface area contributed by atoms with Crippen LogP contribution in [0.1, 0.15) is 5.56 Å². The summed E-state index contributed by atoms with van der Waals surface area (Å²) in [6, 6.07) is 91.0. The third kappa shape index (κ3) is 5.49. The number of aromatic nitrogens is 3. The summed E-state index contributed by atoms with van der Waals surface area (Å²) in [6.45, 7) is 0. The van der Waals surface area contributed by atoms with E-state index in [9.17, 15) is 5.26 Å². The molecule has 0 radical (unpaired) electrons. The molecular weight excluding hydrogens is 817 g/mol. The van der Waals surface area contributed by atoms with Gasteiger partial charge in [-0.25, -0.2) is 0 Å². The third-order valence-corrected chi connectivity index (χ3v) is 18.6. The van der Waals surface area contributed by atoms with Gasteiger partial charge in [0.15, 0.2) is 8.07 Å². The van der Waals surface area contributed by atoms with E-state index < -0.39 is 8.07 Å². The highest BCUT2D eigenvalue weighted by Crippen LogP contribution is 2.41. The maximum atomic E-state index is 9.85. The Balaban J connectivity index is 1.03. The summed E-state index contributed by atoms with van der Waals surface area (Å²) < 4.78 is 7.27. The second kappa shape index (κ2) is 15.0. The van der Waals surface area contributed by atoms with E-state index in [0.29, 0.717) is 5.56 Å². The summed E-state index contributed by atoms with van der Waals surface area (Å²) in [5.74, 6) is 0. The minimum Gasteiger partial charge on any atom is -0.309 e. The van der Waals surface area contributed by atoms with E-state index in [4.69, 9.17) is 0 Å². The van der Waals surface area contributed by atoms with Crippen molar-refractivity contribution >= 4 is 94.2 Å². The van der Waals surface area contributed by atoms with Gasteiger partial charge in [0.05, 0.1) is 50.4 Å². The van der Waals surface area contributed by atoms with Crippen LogP contribution in [0.4, 0.5) is 0 Å². The van der Waals surface area contributed by atoms with Crippen LogP contribution in [0.25, 0.3) is 82.5 Å². The van der Waals surface area contributed by atoms with Crippen LogP contribution in [0.5, 0.6) is 0 Å². The number of nitriles is 1. The topological polar surface area (TPSA) is 38.6 Å². The number of benzene rings is 10. The van der Waals surface area contributed by atoms with Crippen molar-refractivity contribution in [2.75, 3.05) is 0 Å². The predicted molar refractivity (Wildman–Crippen MR) is 278 cm³/mol. The fraction of sp³-hybridized carbons (Fsp3) is 0. The number of hydrogen-bond acceptors (Lipinski definition) is 1. The van der Waals surface area contributed by atoms with Crippen molar-refractivity contribution in [3.05, 3.63) is 248 Å². The number of hydrogen-bond donors (Lipinski definition) is 0. The molecule has 3 aromatic heterocycles. The summed E-state index contributed by atoms with van der Waals surface area (Å²) >= 11 is 0. The van der Waals surface area contributed by atoms with Crippen LogP contribution >= 0.6 is 0 Å². The van der Waals surface area contributed by atoms with Gasteiger partial charge in [-0.2, -0.15) is 5.26 Å². The Morgan fingerprint density at radius 2 is 0.742 bits per heavy atom. The average Bonchev–Trinajstić information content (AvgIpc) is 4.03. The quantitative estimate of drug-likeness (QED) is 0.116. The molecule has 13 rings (SSSR count). The SMILES string of the molecule is N#Cc1ccc2c(c1)c1ccccc1n2-c1cccc2c1c1ccccc1n2-c1ccc2c(c1)c1ccccc1n2-c1cccc([Si](c2ccccc2)(c2ccccc2)c2ccccc2)c1. The third-order valence-electron chi connectivity index (χ3n) is 13.8. The molecule has 0 saturated heterocycles. The largest absolute Gasteiger partial charge is 0.309 e. The molecule has 13 aromatic rings. The molecule has 0 aliphatic carbocycles. The number of rotatable bonds is 7. The van der Waals surface area contributed by atoms with Crippen LogP contribution in [-0.4, -0.2) is 21.8 Å². The molecule has 4 nitrogen and oxygen atoms in total. The van der Waals surface area contributed by atoms with Crippen molar-refractivity contribution in [2.24, 2.45) is 0 Å².